The fraction of sp³-hybridized carbons (Fsp3) is 0.250. The van der Waals surface area contributed by atoms with Crippen LogP contribution in [-0.4, -0.2) is 33.9 Å². The van der Waals surface area contributed by atoms with Crippen LogP contribution in [0.1, 0.15) is 22.1 Å². The average molecular weight is 297 g/mol. The number of nitrogens with zero attached hydrogens (tertiary/aromatic N) is 3. The molecule has 5 nitrogen and oxygen atoms in total. The molecule has 0 spiro atoms. The summed E-state index contributed by atoms with van der Waals surface area (Å²) in [6, 6.07) is 5.04. The van der Waals surface area contributed by atoms with E-state index in [9.17, 15) is 4.79 Å². The van der Waals surface area contributed by atoms with E-state index in [1.807, 2.05) is 0 Å². The van der Waals surface area contributed by atoms with E-state index in [1.165, 1.54) is 6.07 Å². The summed E-state index contributed by atoms with van der Waals surface area (Å²) in [6.07, 6.45) is 1.64. The van der Waals surface area contributed by atoms with E-state index in [4.69, 9.17) is 23.2 Å². The maximum Gasteiger partial charge on any atom is 0.216 e. The van der Waals surface area contributed by atoms with Gasteiger partial charge < -0.3 is 5.32 Å². The number of benzene rings is 1. The van der Waals surface area contributed by atoms with Crippen molar-refractivity contribution in [3.63, 3.8) is 0 Å². The van der Waals surface area contributed by atoms with Crippen LogP contribution in [0.2, 0.25) is 10.0 Å². The Bertz CT molecular complexity index is 636. The largest absolute Gasteiger partial charge is 0.312 e. The summed E-state index contributed by atoms with van der Waals surface area (Å²) in [6.45, 7) is 1.68. The molecule has 2 heterocycles. The highest BCUT2D eigenvalue weighted by molar-refractivity contribution is 6.36. The standard InChI is InChI=1S/C12H10Cl2N4O/c13-7-1-2-10(14)9(3-7)12(19)11-6-18(17-16-11)8-4-15-5-8/h1-3,6,8,15H,4-5H2. The van der Waals surface area contributed by atoms with Crippen molar-refractivity contribution in [2.24, 2.45) is 0 Å². The SMILES string of the molecule is O=C(c1cn(C2CNC2)nn1)c1cc(Cl)ccc1Cl. The Morgan fingerprint density at radius 1 is 1.37 bits per heavy atom. The summed E-state index contributed by atoms with van der Waals surface area (Å²) in [5, 5.41) is 11.8. The Morgan fingerprint density at radius 2 is 2.16 bits per heavy atom. The van der Waals surface area contributed by atoms with Crippen LogP contribution in [-0.2, 0) is 0 Å². The highest BCUT2D eigenvalue weighted by atomic mass is 35.5. The van der Waals surface area contributed by atoms with Crippen molar-refractivity contribution in [1.29, 1.82) is 0 Å². The molecule has 0 atom stereocenters. The Morgan fingerprint density at radius 3 is 2.84 bits per heavy atom. The van der Waals surface area contributed by atoms with Crippen molar-refractivity contribution in [2.75, 3.05) is 13.1 Å². The summed E-state index contributed by atoms with van der Waals surface area (Å²) >= 11 is 11.9. The van der Waals surface area contributed by atoms with E-state index < -0.39 is 0 Å². The molecular formula is C12H10Cl2N4O. The van der Waals surface area contributed by atoms with Crippen molar-refractivity contribution < 1.29 is 4.79 Å². The van der Waals surface area contributed by atoms with E-state index in [0.29, 0.717) is 15.6 Å². The van der Waals surface area contributed by atoms with E-state index in [-0.39, 0.29) is 17.5 Å². The molecule has 1 aromatic carbocycles. The molecule has 1 N–H and O–H groups in total. The molecule has 1 fully saturated rings. The van der Waals surface area contributed by atoms with Crippen LogP contribution in [0.3, 0.4) is 0 Å². The number of aromatic nitrogens is 3. The number of nitrogens with one attached hydrogen (secondary N) is 1. The normalized spacial score (nSPS) is 15.3. The van der Waals surface area contributed by atoms with E-state index in [1.54, 1.807) is 23.0 Å². The molecule has 0 aliphatic carbocycles. The van der Waals surface area contributed by atoms with E-state index >= 15 is 0 Å². The maximum atomic E-state index is 12.3. The number of carbonyl (C=O) groups excluding carboxylic acids is 1. The van der Waals surface area contributed by atoms with Gasteiger partial charge in [-0.25, -0.2) is 4.68 Å². The molecule has 1 aliphatic heterocycles. The fourth-order valence-corrected chi connectivity index (χ4v) is 2.20. The first-order chi connectivity index (χ1) is 9.15. The number of hydrogen-bond acceptors (Lipinski definition) is 4. The van der Waals surface area contributed by atoms with Gasteiger partial charge in [0.05, 0.1) is 17.3 Å². The number of hydrogen-bond donors (Lipinski definition) is 1. The van der Waals surface area contributed by atoms with Crippen LogP contribution in [0, 0.1) is 0 Å². The first-order valence-corrected chi connectivity index (χ1v) is 6.53. The quantitative estimate of drug-likeness (QED) is 0.880. The zero-order valence-electron chi connectivity index (χ0n) is 9.81. The Balaban J connectivity index is 1.90. The first-order valence-electron chi connectivity index (χ1n) is 5.77. The molecule has 2 aromatic rings. The molecule has 1 saturated heterocycles. The smallest absolute Gasteiger partial charge is 0.216 e. The van der Waals surface area contributed by atoms with Gasteiger partial charge >= 0.3 is 0 Å². The van der Waals surface area contributed by atoms with Crippen LogP contribution in [0.5, 0.6) is 0 Å². The second-order valence-electron chi connectivity index (χ2n) is 4.35. The highest BCUT2D eigenvalue weighted by Crippen LogP contribution is 2.23. The minimum atomic E-state index is -0.272. The molecule has 19 heavy (non-hydrogen) atoms. The van der Waals surface area contributed by atoms with Gasteiger partial charge in [0.1, 0.15) is 0 Å². The van der Waals surface area contributed by atoms with Gasteiger partial charge in [0.25, 0.3) is 0 Å². The van der Waals surface area contributed by atoms with Crippen LogP contribution >= 0.6 is 23.2 Å². The molecular weight excluding hydrogens is 287 g/mol. The molecule has 0 bridgehead atoms. The van der Waals surface area contributed by atoms with Crippen molar-refractivity contribution in [2.45, 2.75) is 6.04 Å². The lowest BCUT2D eigenvalue weighted by Gasteiger charge is -2.26. The van der Waals surface area contributed by atoms with Crippen molar-refractivity contribution in [3.05, 3.63) is 45.7 Å². The molecule has 0 amide bonds. The number of halogens is 2. The van der Waals surface area contributed by atoms with Gasteiger partial charge in [0.15, 0.2) is 5.69 Å². The number of carbonyl (C=O) groups is 1. The zero-order chi connectivity index (χ0) is 13.4. The molecule has 0 unspecified atom stereocenters. The van der Waals surface area contributed by atoms with Crippen molar-refractivity contribution in [1.82, 2.24) is 20.3 Å². The molecule has 3 rings (SSSR count). The summed E-state index contributed by atoms with van der Waals surface area (Å²) in [4.78, 5) is 12.3. The lowest BCUT2D eigenvalue weighted by atomic mass is 10.1. The monoisotopic (exact) mass is 296 g/mol. The molecule has 0 saturated carbocycles. The van der Waals surface area contributed by atoms with Crippen LogP contribution < -0.4 is 5.32 Å². The molecule has 0 radical (unpaired) electrons. The Kier molecular flexibility index (Phi) is 3.26. The third kappa shape index (κ3) is 2.36. The maximum absolute atomic E-state index is 12.3. The molecule has 1 aliphatic rings. The summed E-state index contributed by atoms with van der Waals surface area (Å²) in [7, 11) is 0. The minimum Gasteiger partial charge on any atom is -0.312 e. The lowest BCUT2D eigenvalue weighted by molar-refractivity contribution is 0.103. The second-order valence-corrected chi connectivity index (χ2v) is 5.19. The van der Waals surface area contributed by atoms with Gasteiger partial charge in [-0.2, -0.15) is 0 Å². The van der Waals surface area contributed by atoms with Gasteiger partial charge in [0, 0.05) is 23.7 Å². The summed E-state index contributed by atoms with van der Waals surface area (Å²) in [5.74, 6) is -0.272. The van der Waals surface area contributed by atoms with Gasteiger partial charge in [-0.3, -0.25) is 4.79 Å². The van der Waals surface area contributed by atoms with Crippen LogP contribution in [0.25, 0.3) is 0 Å². The lowest BCUT2D eigenvalue weighted by Crippen LogP contribution is -2.43. The van der Waals surface area contributed by atoms with Gasteiger partial charge in [-0.05, 0) is 18.2 Å². The highest BCUT2D eigenvalue weighted by Gasteiger charge is 2.23. The number of ketones is 1. The van der Waals surface area contributed by atoms with Crippen LogP contribution in [0.4, 0.5) is 0 Å². The second kappa shape index (κ2) is 4.92. The third-order valence-corrected chi connectivity index (χ3v) is 3.61. The molecule has 1 aromatic heterocycles. The van der Waals surface area contributed by atoms with Crippen molar-refractivity contribution in [3.8, 4) is 0 Å². The predicted octanol–water partition coefficient (Wildman–Crippen LogP) is 1.96. The minimum absolute atomic E-state index is 0.267. The summed E-state index contributed by atoms with van der Waals surface area (Å²) < 4.78 is 1.70. The first kappa shape index (κ1) is 12.6. The summed E-state index contributed by atoms with van der Waals surface area (Å²) in [5.41, 5.74) is 0.615. The topological polar surface area (TPSA) is 59.8 Å². The van der Waals surface area contributed by atoms with E-state index in [0.717, 1.165) is 13.1 Å². The Hall–Kier alpha value is -1.43. The fourth-order valence-electron chi connectivity index (χ4n) is 1.83. The Labute approximate surface area is 119 Å². The molecule has 98 valence electrons. The van der Waals surface area contributed by atoms with Crippen LogP contribution in [0.15, 0.2) is 24.4 Å². The predicted molar refractivity (Wildman–Crippen MR) is 71.8 cm³/mol. The van der Waals surface area contributed by atoms with Gasteiger partial charge in [-0.1, -0.05) is 28.4 Å². The van der Waals surface area contributed by atoms with Gasteiger partial charge in [0.2, 0.25) is 5.78 Å². The average Bonchev–Trinajstić information content (AvgIpc) is 2.78. The van der Waals surface area contributed by atoms with Crippen molar-refractivity contribution >= 4 is 29.0 Å². The third-order valence-electron chi connectivity index (χ3n) is 3.05. The van der Waals surface area contributed by atoms with Gasteiger partial charge in [-0.15, -0.1) is 5.10 Å². The van der Waals surface area contributed by atoms with E-state index in [2.05, 4.69) is 15.6 Å². The molecule has 7 heteroatoms. The number of rotatable bonds is 3. The zero-order valence-corrected chi connectivity index (χ0v) is 11.3.